The van der Waals surface area contributed by atoms with Gasteiger partial charge in [-0.05, 0) is 29.8 Å². The number of anilines is 1. The zero-order valence-electron chi connectivity index (χ0n) is 14.3. The fourth-order valence-electron chi connectivity index (χ4n) is 3.16. The Morgan fingerprint density at radius 1 is 1.00 bits per heavy atom. The van der Waals surface area contributed by atoms with Gasteiger partial charge in [0.1, 0.15) is 5.75 Å². The summed E-state index contributed by atoms with van der Waals surface area (Å²) in [6.45, 7) is 3.87. The lowest BCUT2D eigenvalue weighted by molar-refractivity contribution is 0.109. The third-order valence-corrected chi connectivity index (χ3v) is 4.61. The molecule has 1 unspecified atom stereocenters. The van der Waals surface area contributed by atoms with Crippen LogP contribution in [0.2, 0.25) is 0 Å². The lowest BCUT2D eigenvalue weighted by Crippen LogP contribution is -2.47. The summed E-state index contributed by atoms with van der Waals surface area (Å²) in [6, 6.07) is 12.4. The molecule has 3 rings (SSSR count). The monoisotopic (exact) mass is 344 g/mol. The number of benzene rings is 2. The Balaban J connectivity index is 1.58. The van der Waals surface area contributed by atoms with E-state index in [2.05, 4.69) is 15.9 Å². The van der Waals surface area contributed by atoms with Crippen molar-refractivity contribution in [2.24, 2.45) is 0 Å². The number of para-hydroxylation sites is 2. The normalized spacial score (nSPS) is 16.6. The molecule has 2 aromatic rings. The van der Waals surface area contributed by atoms with Crippen LogP contribution >= 0.6 is 0 Å². The van der Waals surface area contributed by atoms with Crippen molar-refractivity contribution in [3.63, 3.8) is 0 Å². The van der Waals surface area contributed by atoms with Crippen molar-refractivity contribution >= 4 is 5.69 Å². The van der Waals surface area contributed by atoms with Gasteiger partial charge in [0.25, 0.3) is 0 Å². The van der Waals surface area contributed by atoms with Crippen LogP contribution < -0.4 is 9.64 Å². The van der Waals surface area contributed by atoms with Crippen molar-refractivity contribution in [1.82, 2.24) is 4.90 Å². The molecular formula is C19H24N2O4. The summed E-state index contributed by atoms with van der Waals surface area (Å²) in [5.41, 5.74) is 1.69. The Hall–Kier alpha value is -2.44. The van der Waals surface area contributed by atoms with E-state index in [-0.39, 0.29) is 11.5 Å². The van der Waals surface area contributed by atoms with Crippen LogP contribution in [0, 0.1) is 0 Å². The average Bonchev–Trinajstić information content (AvgIpc) is 2.64. The number of hydrogen-bond acceptors (Lipinski definition) is 6. The molecule has 1 saturated heterocycles. The molecule has 0 aromatic heterocycles. The van der Waals surface area contributed by atoms with Gasteiger partial charge in [-0.3, -0.25) is 4.90 Å². The van der Waals surface area contributed by atoms with Gasteiger partial charge < -0.3 is 25.0 Å². The van der Waals surface area contributed by atoms with Crippen LogP contribution in [-0.4, -0.2) is 60.1 Å². The molecule has 0 spiro atoms. The van der Waals surface area contributed by atoms with Crippen LogP contribution in [0.4, 0.5) is 5.69 Å². The molecule has 1 aliphatic rings. The smallest absolute Gasteiger partial charge is 0.157 e. The molecule has 1 aliphatic heterocycles. The number of piperazine rings is 1. The molecular weight excluding hydrogens is 320 g/mol. The Kier molecular flexibility index (Phi) is 5.31. The molecule has 6 nitrogen and oxygen atoms in total. The molecule has 1 fully saturated rings. The Morgan fingerprint density at radius 2 is 1.72 bits per heavy atom. The minimum absolute atomic E-state index is 0.179. The molecule has 6 heteroatoms. The molecule has 0 saturated carbocycles. The van der Waals surface area contributed by atoms with Crippen LogP contribution in [0.3, 0.4) is 0 Å². The van der Waals surface area contributed by atoms with Crippen molar-refractivity contribution < 1.29 is 20.1 Å². The molecule has 2 aromatic carbocycles. The maximum Gasteiger partial charge on any atom is 0.157 e. The van der Waals surface area contributed by atoms with E-state index < -0.39 is 6.10 Å². The molecule has 3 N–H and O–H groups in total. The maximum atomic E-state index is 10.4. The van der Waals surface area contributed by atoms with Crippen LogP contribution in [0.25, 0.3) is 0 Å². The van der Waals surface area contributed by atoms with Gasteiger partial charge in [-0.15, -0.1) is 0 Å². The van der Waals surface area contributed by atoms with Crippen LogP contribution in [0.15, 0.2) is 42.5 Å². The summed E-state index contributed by atoms with van der Waals surface area (Å²) in [5.74, 6) is 0.481. The lowest BCUT2D eigenvalue weighted by atomic mass is 10.1. The molecule has 0 bridgehead atoms. The predicted molar refractivity (Wildman–Crippen MR) is 96.4 cm³/mol. The topological polar surface area (TPSA) is 76.4 Å². The van der Waals surface area contributed by atoms with E-state index in [0.717, 1.165) is 37.6 Å². The van der Waals surface area contributed by atoms with E-state index in [9.17, 15) is 15.3 Å². The molecule has 25 heavy (non-hydrogen) atoms. The van der Waals surface area contributed by atoms with Gasteiger partial charge in [0.15, 0.2) is 11.5 Å². The minimum atomic E-state index is -0.704. The first-order valence-corrected chi connectivity index (χ1v) is 8.38. The fraction of sp³-hybridized carbons (Fsp3) is 0.368. The number of methoxy groups -OCH3 is 1. The first-order valence-electron chi connectivity index (χ1n) is 8.38. The number of β-amino-alcohol motifs (C(OH)–C–C–N with tert-alkyl or cyclic N) is 1. The largest absolute Gasteiger partial charge is 0.504 e. The fourth-order valence-corrected chi connectivity index (χ4v) is 3.16. The Labute approximate surface area is 147 Å². The number of aromatic hydroxyl groups is 2. The first kappa shape index (κ1) is 17.4. The van der Waals surface area contributed by atoms with Crippen molar-refractivity contribution in [2.45, 2.75) is 6.10 Å². The quantitative estimate of drug-likeness (QED) is 0.720. The van der Waals surface area contributed by atoms with Crippen LogP contribution in [-0.2, 0) is 0 Å². The zero-order chi connectivity index (χ0) is 17.8. The number of phenolic OH excluding ortho intramolecular Hbond substituents is 2. The Bertz CT molecular complexity index is 714. The highest BCUT2D eigenvalue weighted by Crippen LogP contribution is 2.30. The third-order valence-electron chi connectivity index (χ3n) is 4.61. The summed E-state index contributed by atoms with van der Waals surface area (Å²) in [4.78, 5) is 4.48. The number of hydrogen-bond donors (Lipinski definition) is 3. The SMILES string of the molecule is COc1ccccc1N1CCN(CC(O)c2ccc(O)c(O)c2)CC1. The summed E-state index contributed by atoms with van der Waals surface area (Å²) >= 11 is 0. The van der Waals surface area contributed by atoms with Crippen molar-refractivity contribution in [3.05, 3.63) is 48.0 Å². The number of nitrogens with zero attached hydrogens (tertiary/aromatic N) is 2. The molecule has 134 valence electrons. The van der Waals surface area contributed by atoms with E-state index in [1.807, 2.05) is 18.2 Å². The van der Waals surface area contributed by atoms with E-state index in [1.54, 1.807) is 13.2 Å². The van der Waals surface area contributed by atoms with Crippen molar-refractivity contribution in [3.8, 4) is 17.2 Å². The highest BCUT2D eigenvalue weighted by molar-refractivity contribution is 5.58. The molecule has 0 amide bonds. The van der Waals surface area contributed by atoms with Gasteiger partial charge in [-0.2, -0.15) is 0 Å². The van der Waals surface area contributed by atoms with Crippen LogP contribution in [0.5, 0.6) is 17.2 Å². The zero-order valence-corrected chi connectivity index (χ0v) is 14.3. The summed E-state index contributed by atoms with van der Waals surface area (Å²) in [5, 5.41) is 29.3. The highest BCUT2D eigenvalue weighted by Gasteiger charge is 2.22. The summed E-state index contributed by atoms with van der Waals surface area (Å²) in [6.07, 6.45) is -0.704. The van der Waals surface area contributed by atoms with Gasteiger partial charge in [0.05, 0.1) is 18.9 Å². The van der Waals surface area contributed by atoms with E-state index in [1.165, 1.54) is 12.1 Å². The third kappa shape index (κ3) is 3.97. The van der Waals surface area contributed by atoms with Gasteiger partial charge in [-0.25, -0.2) is 0 Å². The molecule has 0 aliphatic carbocycles. The van der Waals surface area contributed by atoms with E-state index in [0.29, 0.717) is 12.1 Å². The van der Waals surface area contributed by atoms with Gasteiger partial charge in [-0.1, -0.05) is 18.2 Å². The van der Waals surface area contributed by atoms with Crippen molar-refractivity contribution in [1.29, 1.82) is 0 Å². The molecule has 1 heterocycles. The second-order valence-electron chi connectivity index (χ2n) is 6.22. The first-order chi connectivity index (χ1) is 12.1. The number of aliphatic hydroxyl groups excluding tert-OH is 1. The van der Waals surface area contributed by atoms with Crippen LogP contribution in [0.1, 0.15) is 11.7 Å². The number of phenols is 2. The highest BCUT2D eigenvalue weighted by atomic mass is 16.5. The molecule has 1 atom stereocenters. The summed E-state index contributed by atoms with van der Waals surface area (Å²) in [7, 11) is 1.68. The number of aliphatic hydroxyl groups is 1. The number of rotatable bonds is 5. The maximum absolute atomic E-state index is 10.4. The molecule has 0 radical (unpaired) electrons. The average molecular weight is 344 g/mol. The van der Waals surface area contributed by atoms with E-state index >= 15 is 0 Å². The second kappa shape index (κ2) is 7.63. The predicted octanol–water partition coefficient (Wildman–Crippen LogP) is 1.96. The minimum Gasteiger partial charge on any atom is -0.504 e. The Morgan fingerprint density at radius 3 is 2.40 bits per heavy atom. The second-order valence-corrected chi connectivity index (χ2v) is 6.22. The van der Waals surface area contributed by atoms with Crippen molar-refractivity contribution in [2.75, 3.05) is 44.7 Å². The number of ether oxygens (including phenoxy) is 1. The van der Waals surface area contributed by atoms with Gasteiger partial charge in [0.2, 0.25) is 0 Å². The van der Waals surface area contributed by atoms with Gasteiger partial charge >= 0.3 is 0 Å². The van der Waals surface area contributed by atoms with E-state index in [4.69, 9.17) is 4.74 Å². The standard InChI is InChI=1S/C19H24N2O4/c1-25-19-5-3-2-4-15(19)21-10-8-20(9-11-21)13-18(24)14-6-7-16(22)17(23)12-14/h2-7,12,18,22-24H,8-11,13H2,1H3. The van der Waals surface area contributed by atoms with Gasteiger partial charge in [0, 0.05) is 32.7 Å². The lowest BCUT2D eigenvalue weighted by Gasteiger charge is -2.37. The summed E-state index contributed by atoms with van der Waals surface area (Å²) < 4.78 is 5.43.